The van der Waals surface area contributed by atoms with Gasteiger partial charge in [-0.1, -0.05) is 18.3 Å². The number of carbonyl (C=O) groups excluding carboxylic acids is 1. The third-order valence-electron chi connectivity index (χ3n) is 3.52. The molecular weight excluding hydrogens is 499 g/mol. The number of rotatable bonds is 6. The molecule has 2 N–H and O–H groups in total. The van der Waals surface area contributed by atoms with E-state index in [4.69, 9.17) is 0 Å². The Morgan fingerprint density at radius 1 is 1.07 bits per heavy atom. The van der Waals surface area contributed by atoms with Gasteiger partial charge in [0.15, 0.2) is 0 Å². The number of halogens is 1. The summed E-state index contributed by atoms with van der Waals surface area (Å²) in [7, 11) is -3.77. The topological polar surface area (TPSA) is 101 Å². The van der Waals surface area contributed by atoms with E-state index in [0.29, 0.717) is 17.7 Å². The molecule has 3 aromatic rings. The number of nitrogens with zero attached hydrogens (tertiary/aromatic N) is 2. The van der Waals surface area contributed by atoms with E-state index in [-0.39, 0.29) is 15.9 Å². The van der Waals surface area contributed by atoms with Crippen LogP contribution in [0.2, 0.25) is 0 Å². The third-order valence-corrected chi connectivity index (χ3v) is 6.71. The third kappa shape index (κ3) is 5.02. The van der Waals surface area contributed by atoms with Crippen LogP contribution in [0, 0.1) is 3.57 Å². The van der Waals surface area contributed by atoms with Crippen LogP contribution in [-0.4, -0.2) is 24.5 Å². The molecule has 0 saturated carbocycles. The Hall–Kier alpha value is -2.05. The van der Waals surface area contributed by atoms with Crippen LogP contribution in [-0.2, 0) is 16.4 Å². The minimum atomic E-state index is -3.77. The molecule has 10 heteroatoms. The first-order valence-corrected chi connectivity index (χ1v) is 11.3. The normalized spacial score (nSPS) is 11.2. The number of benzene rings is 2. The van der Waals surface area contributed by atoms with Crippen molar-refractivity contribution in [2.45, 2.75) is 18.2 Å². The van der Waals surface area contributed by atoms with Gasteiger partial charge in [0.05, 0.1) is 4.90 Å². The molecule has 1 amide bonds. The van der Waals surface area contributed by atoms with Crippen molar-refractivity contribution in [1.29, 1.82) is 0 Å². The second kappa shape index (κ2) is 8.31. The zero-order valence-electron chi connectivity index (χ0n) is 14.1. The summed E-state index contributed by atoms with van der Waals surface area (Å²) >= 11 is 3.36. The maximum Gasteiger partial charge on any atom is 0.263 e. The van der Waals surface area contributed by atoms with Gasteiger partial charge in [-0.25, -0.2) is 8.42 Å². The second-order valence-corrected chi connectivity index (χ2v) is 9.44. The average Bonchev–Trinajstić information content (AvgIpc) is 3.09. The second-order valence-electron chi connectivity index (χ2n) is 5.45. The molecule has 0 unspecified atom stereocenters. The largest absolute Gasteiger partial charge is 0.322 e. The summed E-state index contributed by atoms with van der Waals surface area (Å²) in [6.45, 7) is 1.92. The highest BCUT2D eigenvalue weighted by Crippen LogP contribution is 2.21. The molecule has 0 radical (unpaired) electrons. The first kappa shape index (κ1) is 19.7. The first-order valence-electron chi connectivity index (χ1n) is 7.89. The van der Waals surface area contributed by atoms with Crippen molar-refractivity contribution in [3.8, 4) is 0 Å². The molecule has 27 heavy (non-hydrogen) atoms. The molecule has 3 rings (SSSR count). The maximum atomic E-state index is 12.4. The average molecular weight is 514 g/mol. The Kier molecular flexibility index (Phi) is 6.07. The number of anilines is 2. The van der Waals surface area contributed by atoms with Crippen molar-refractivity contribution in [3.05, 3.63) is 62.7 Å². The Bertz CT molecular complexity index is 1050. The van der Waals surface area contributed by atoms with E-state index in [2.05, 4.69) is 42.8 Å². The van der Waals surface area contributed by atoms with Crippen molar-refractivity contribution in [1.82, 2.24) is 10.2 Å². The molecule has 0 aliphatic heterocycles. The number of sulfonamides is 1. The molecule has 0 spiro atoms. The highest BCUT2D eigenvalue weighted by atomic mass is 127. The van der Waals surface area contributed by atoms with Gasteiger partial charge in [-0.15, -0.1) is 10.2 Å². The zero-order chi connectivity index (χ0) is 19.4. The SMILES string of the molecule is CCc1nnc(NS(=O)(=O)c2ccc(NC(=O)c3ccc(I)cc3)cc2)s1. The predicted molar refractivity (Wildman–Crippen MR) is 114 cm³/mol. The molecule has 1 heterocycles. The van der Waals surface area contributed by atoms with E-state index in [0.717, 1.165) is 8.58 Å². The van der Waals surface area contributed by atoms with Crippen LogP contribution in [0.1, 0.15) is 22.3 Å². The zero-order valence-corrected chi connectivity index (χ0v) is 17.9. The lowest BCUT2D eigenvalue weighted by Crippen LogP contribution is -2.14. The lowest BCUT2D eigenvalue weighted by Gasteiger charge is -2.08. The van der Waals surface area contributed by atoms with E-state index >= 15 is 0 Å². The summed E-state index contributed by atoms with van der Waals surface area (Å²) < 4.78 is 28.3. The van der Waals surface area contributed by atoms with Gasteiger partial charge in [-0.2, -0.15) is 0 Å². The maximum absolute atomic E-state index is 12.4. The Labute approximate surface area is 174 Å². The van der Waals surface area contributed by atoms with Crippen LogP contribution in [0.3, 0.4) is 0 Å². The van der Waals surface area contributed by atoms with E-state index in [9.17, 15) is 13.2 Å². The van der Waals surface area contributed by atoms with Crippen LogP contribution in [0.15, 0.2) is 53.4 Å². The van der Waals surface area contributed by atoms with E-state index in [1.54, 1.807) is 12.1 Å². The highest BCUT2D eigenvalue weighted by molar-refractivity contribution is 14.1. The fourth-order valence-electron chi connectivity index (χ4n) is 2.13. The van der Waals surface area contributed by atoms with Crippen LogP contribution >= 0.6 is 33.9 Å². The number of nitrogens with one attached hydrogen (secondary N) is 2. The lowest BCUT2D eigenvalue weighted by molar-refractivity contribution is 0.102. The number of aryl methyl sites for hydroxylation is 1. The summed E-state index contributed by atoms with van der Waals surface area (Å²) in [4.78, 5) is 12.3. The fraction of sp³-hybridized carbons (Fsp3) is 0.118. The quantitative estimate of drug-likeness (QED) is 0.488. The number of hydrogen-bond donors (Lipinski definition) is 2. The van der Waals surface area contributed by atoms with Crippen LogP contribution in [0.5, 0.6) is 0 Å². The van der Waals surface area contributed by atoms with Gasteiger partial charge in [0, 0.05) is 14.8 Å². The fourth-order valence-corrected chi connectivity index (χ4v) is 4.40. The highest BCUT2D eigenvalue weighted by Gasteiger charge is 2.17. The van der Waals surface area contributed by atoms with Crippen LogP contribution in [0.25, 0.3) is 0 Å². The van der Waals surface area contributed by atoms with Gasteiger partial charge in [-0.3, -0.25) is 9.52 Å². The standard InChI is InChI=1S/C17H15IN4O3S2/c1-2-15-20-21-17(26-15)22-27(24,25)14-9-7-13(8-10-14)19-16(23)11-3-5-12(18)6-4-11/h3-10H,2H2,1H3,(H,19,23)(H,21,22). The monoisotopic (exact) mass is 514 g/mol. The van der Waals surface area contributed by atoms with Crippen molar-refractivity contribution >= 4 is 60.7 Å². The van der Waals surface area contributed by atoms with Crippen LogP contribution < -0.4 is 10.0 Å². The minimum Gasteiger partial charge on any atom is -0.322 e. The predicted octanol–water partition coefficient (Wildman–Crippen LogP) is 3.76. The van der Waals surface area contributed by atoms with Gasteiger partial charge in [0.2, 0.25) is 5.13 Å². The number of hydrogen-bond acceptors (Lipinski definition) is 6. The summed E-state index contributed by atoms with van der Waals surface area (Å²) in [6.07, 6.45) is 0.689. The van der Waals surface area contributed by atoms with E-state index in [1.807, 2.05) is 19.1 Å². The Morgan fingerprint density at radius 3 is 2.33 bits per heavy atom. The van der Waals surface area contributed by atoms with Crippen molar-refractivity contribution < 1.29 is 13.2 Å². The Morgan fingerprint density at radius 2 is 1.74 bits per heavy atom. The molecule has 2 aromatic carbocycles. The molecular formula is C17H15IN4O3S2. The molecule has 0 aliphatic rings. The van der Waals surface area contributed by atoms with Gasteiger partial charge in [0.1, 0.15) is 5.01 Å². The molecule has 0 bridgehead atoms. The Balaban J connectivity index is 1.70. The molecule has 0 fully saturated rings. The minimum absolute atomic E-state index is 0.0722. The molecule has 140 valence electrons. The summed E-state index contributed by atoms with van der Waals surface area (Å²) in [5.74, 6) is -0.263. The lowest BCUT2D eigenvalue weighted by atomic mass is 10.2. The number of carbonyl (C=O) groups is 1. The number of aromatic nitrogens is 2. The smallest absolute Gasteiger partial charge is 0.263 e. The summed E-state index contributed by atoms with van der Waals surface area (Å²) in [5.41, 5.74) is 1.03. The van der Waals surface area contributed by atoms with Crippen molar-refractivity contribution in [2.24, 2.45) is 0 Å². The molecule has 0 atom stereocenters. The molecule has 7 nitrogen and oxygen atoms in total. The van der Waals surface area contributed by atoms with Crippen molar-refractivity contribution in [3.63, 3.8) is 0 Å². The van der Waals surface area contributed by atoms with Crippen LogP contribution in [0.4, 0.5) is 10.8 Å². The summed E-state index contributed by atoms with van der Waals surface area (Å²) in [6, 6.07) is 13.1. The van der Waals surface area contributed by atoms with Crippen molar-refractivity contribution in [2.75, 3.05) is 10.0 Å². The van der Waals surface area contributed by atoms with E-state index in [1.165, 1.54) is 35.6 Å². The first-order chi connectivity index (χ1) is 12.9. The summed E-state index contributed by atoms with van der Waals surface area (Å²) in [5, 5.41) is 11.4. The van der Waals surface area contributed by atoms with Gasteiger partial charge in [0.25, 0.3) is 15.9 Å². The van der Waals surface area contributed by atoms with Gasteiger partial charge >= 0.3 is 0 Å². The van der Waals surface area contributed by atoms with Gasteiger partial charge in [-0.05, 0) is 77.5 Å². The van der Waals surface area contributed by atoms with E-state index < -0.39 is 10.0 Å². The van der Waals surface area contributed by atoms with Gasteiger partial charge < -0.3 is 5.32 Å². The molecule has 0 saturated heterocycles. The number of amides is 1. The molecule has 1 aromatic heterocycles. The molecule has 0 aliphatic carbocycles.